The van der Waals surface area contributed by atoms with Crippen LogP contribution in [-0.4, -0.2) is 107 Å². The average molecular weight is 610 g/mol. The van der Waals surface area contributed by atoms with Crippen LogP contribution >= 0.6 is 34.9 Å². The minimum atomic E-state index is -5.13. The molecule has 3 N–H and O–H groups in total. The Morgan fingerprint density at radius 3 is 2.74 bits per heavy atom. The van der Waals surface area contributed by atoms with E-state index in [9.17, 15) is 37.5 Å². The molecule has 2 saturated heterocycles. The summed E-state index contributed by atoms with van der Waals surface area (Å²) < 4.78 is 38.9. The summed E-state index contributed by atoms with van der Waals surface area (Å²) in [6, 6.07) is -1.02. The minimum Gasteiger partial charge on any atom is -0.481 e. The van der Waals surface area contributed by atoms with Gasteiger partial charge in [-0.25, -0.2) is 9.67 Å². The van der Waals surface area contributed by atoms with Gasteiger partial charge in [-0.3, -0.25) is 24.5 Å². The number of tetrazole rings is 1. The molecule has 3 atom stereocenters. The highest BCUT2D eigenvalue weighted by molar-refractivity contribution is 8.00. The molecule has 21 heteroatoms. The first-order chi connectivity index (χ1) is 18.4. The number of thiazole rings is 1. The number of amides is 3. The molecule has 3 amide bonds. The number of thioether (sulfide) groups is 2. The van der Waals surface area contributed by atoms with Gasteiger partial charge in [-0.1, -0.05) is 16.9 Å². The van der Waals surface area contributed by atoms with Crippen LogP contribution in [0.4, 0.5) is 18.3 Å². The fourth-order valence-electron chi connectivity index (χ4n) is 3.57. The Morgan fingerprint density at radius 1 is 1.38 bits per heavy atom. The van der Waals surface area contributed by atoms with Gasteiger partial charge in [-0.15, -0.1) is 28.2 Å². The van der Waals surface area contributed by atoms with Crippen LogP contribution in [0.3, 0.4) is 0 Å². The Kier molecular flexibility index (Phi) is 8.02. The zero-order valence-corrected chi connectivity index (χ0v) is 22.3. The third-order valence-electron chi connectivity index (χ3n) is 5.57. The smallest absolute Gasteiger partial charge is 0.471 e. The molecule has 15 nitrogen and oxygen atoms in total. The molecule has 39 heavy (non-hydrogen) atoms. The Bertz CT molecular complexity index is 1330. The van der Waals surface area contributed by atoms with Gasteiger partial charge in [0.15, 0.2) is 10.8 Å². The van der Waals surface area contributed by atoms with Crippen molar-refractivity contribution in [2.45, 2.75) is 22.7 Å². The number of aryl methyl sites for hydroxylation is 1. The number of nitrogens with zero attached hydrogens (tertiary/aromatic N) is 7. The van der Waals surface area contributed by atoms with Gasteiger partial charge in [0.05, 0.1) is 0 Å². The van der Waals surface area contributed by atoms with Gasteiger partial charge in [0, 0.05) is 30.5 Å². The molecule has 2 fully saturated rings. The zero-order chi connectivity index (χ0) is 28.5. The number of aromatic nitrogens is 5. The van der Waals surface area contributed by atoms with E-state index in [4.69, 9.17) is 0 Å². The Morgan fingerprint density at radius 2 is 2.13 bits per heavy atom. The van der Waals surface area contributed by atoms with Crippen molar-refractivity contribution in [2.75, 3.05) is 30.5 Å². The fourth-order valence-corrected chi connectivity index (χ4v) is 6.97. The lowest BCUT2D eigenvalue weighted by Crippen LogP contribution is -2.74. The van der Waals surface area contributed by atoms with Crippen LogP contribution in [0, 0.1) is 5.41 Å². The summed E-state index contributed by atoms with van der Waals surface area (Å²) in [6.07, 6.45) is -5.13. The van der Waals surface area contributed by atoms with Crippen LogP contribution in [-0.2, 0) is 31.1 Å². The van der Waals surface area contributed by atoms with Crippen molar-refractivity contribution < 1.29 is 42.3 Å². The summed E-state index contributed by atoms with van der Waals surface area (Å²) in [7, 11) is 2.74. The molecule has 4 heterocycles. The Hall–Kier alpha value is -3.46. The number of hydrogen-bond acceptors (Lipinski definition) is 13. The van der Waals surface area contributed by atoms with E-state index >= 15 is 0 Å². The van der Waals surface area contributed by atoms with Gasteiger partial charge < -0.3 is 20.2 Å². The standard InChI is InChI=1S/C18H18F3N9O6S3/c1-29-16(25-27-28-29)39-6-17(14(34)35)4-30-11(32)9(12(30)38-5-17)23-10(31)8(26-36-2)7-3-37-15(22-7)24-13(33)18(19,20)21/h3,9,12H,4-6H2,1-2H3,(H,23,31)(H,34,35)(H,22,24,33)/t9?,12-,17?/m1/s1. The molecule has 0 saturated carbocycles. The summed E-state index contributed by atoms with van der Waals surface area (Å²) in [6.45, 7) is -0.100. The van der Waals surface area contributed by atoms with Gasteiger partial charge in [-0.05, 0) is 10.4 Å². The normalized spacial score (nSPS) is 23.1. The van der Waals surface area contributed by atoms with Crippen LogP contribution in [0.5, 0.6) is 0 Å². The lowest BCUT2D eigenvalue weighted by molar-refractivity contribution is -0.167. The average Bonchev–Trinajstić information content (AvgIpc) is 3.52. The maximum Gasteiger partial charge on any atom is 0.471 e. The van der Waals surface area contributed by atoms with Crippen molar-refractivity contribution in [3.05, 3.63) is 11.1 Å². The lowest BCUT2D eigenvalue weighted by atomic mass is 9.89. The lowest BCUT2D eigenvalue weighted by Gasteiger charge is -2.53. The molecule has 2 aromatic heterocycles. The number of oxime groups is 1. The highest BCUT2D eigenvalue weighted by Gasteiger charge is 2.57. The molecule has 0 bridgehead atoms. The van der Waals surface area contributed by atoms with E-state index in [1.165, 1.54) is 26.7 Å². The monoisotopic (exact) mass is 609 g/mol. The summed E-state index contributed by atoms with van der Waals surface area (Å²) in [4.78, 5) is 58.9. The number of fused-ring (bicyclic) bond motifs is 1. The molecular formula is C18H18F3N9O6S3. The van der Waals surface area contributed by atoms with Crippen molar-refractivity contribution in [1.29, 1.82) is 0 Å². The minimum absolute atomic E-state index is 0.0960. The summed E-state index contributed by atoms with van der Waals surface area (Å²) in [5.74, 6) is -4.54. The molecule has 2 aliphatic rings. The van der Waals surface area contributed by atoms with E-state index in [1.807, 2.05) is 0 Å². The highest BCUT2D eigenvalue weighted by atomic mass is 32.2. The number of hydrogen-bond donors (Lipinski definition) is 3. The van der Waals surface area contributed by atoms with Crippen molar-refractivity contribution in [1.82, 2.24) is 35.4 Å². The maximum absolute atomic E-state index is 12.9. The number of carboxylic acids is 1. The second-order valence-corrected chi connectivity index (χ2v) is 11.1. The van der Waals surface area contributed by atoms with Gasteiger partial charge in [0.1, 0.15) is 29.6 Å². The maximum atomic E-state index is 12.9. The summed E-state index contributed by atoms with van der Waals surface area (Å²) in [5.41, 5.74) is -1.93. The highest BCUT2D eigenvalue weighted by Crippen LogP contribution is 2.44. The van der Waals surface area contributed by atoms with Crippen LogP contribution in [0.1, 0.15) is 5.69 Å². The number of rotatable bonds is 9. The second-order valence-electron chi connectivity index (χ2n) is 8.19. The molecule has 0 aromatic carbocycles. The molecule has 0 radical (unpaired) electrons. The number of nitrogens with one attached hydrogen (secondary N) is 2. The first-order valence-electron chi connectivity index (χ1n) is 10.6. The zero-order valence-electron chi connectivity index (χ0n) is 19.8. The van der Waals surface area contributed by atoms with Crippen LogP contribution in [0.25, 0.3) is 0 Å². The van der Waals surface area contributed by atoms with Crippen LogP contribution < -0.4 is 10.6 Å². The first kappa shape index (κ1) is 28.5. The van der Waals surface area contributed by atoms with Gasteiger partial charge >= 0.3 is 18.1 Å². The van der Waals surface area contributed by atoms with E-state index in [0.717, 1.165) is 18.9 Å². The Balaban J connectivity index is 1.41. The van der Waals surface area contributed by atoms with Crippen molar-refractivity contribution in [3.63, 3.8) is 0 Å². The number of aliphatic carboxylic acids is 1. The number of β-lactam (4-membered cyclic amide) rings is 1. The number of carbonyl (C=O) groups is 4. The van der Waals surface area contributed by atoms with Crippen LogP contribution in [0.2, 0.25) is 0 Å². The van der Waals surface area contributed by atoms with Crippen molar-refractivity contribution >= 4 is 69.4 Å². The van der Waals surface area contributed by atoms with E-state index in [1.54, 1.807) is 12.4 Å². The molecular weight excluding hydrogens is 591 g/mol. The molecule has 2 unspecified atom stereocenters. The predicted molar refractivity (Wildman–Crippen MR) is 130 cm³/mol. The van der Waals surface area contributed by atoms with Crippen molar-refractivity contribution in [2.24, 2.45) is 17.6 Å². The number of alkyl halides is 3. The molecule has 0 spiro atoms. The largest absolute Gasteiger partial charge is 0.481 e. The second kappa shape index (κ2) is 11.0. The summed E-state index contributed by atoms with van der Waals surface area (Å²) >= 11 is 2.94. The number of carboxylic acid groups (broad SMARTS) is 1. The fraction of sp³-hybridized carbons (Fsp3) is 0.500. The van der Waals surface area contributed by atoms with Crippen molar-refractivity contribution in [3.8, 4) is 0 Å². The van der Waals surface area contributed by atoms with E-state index in [2.05, 4.69) is 35.8 Å². The van der Waals surface area contributed by atoms with E-state index < -0.39 is 57.5 Å². The molecule has 2 aromatic rings. The first-order valence-corrected chi connectivity index (χ1v) is 13.5. The quantitative estimate of drug-likeness (QED) is 0.147. The number of carbonyl (C=O) groups excluding carboxylic acids is 3. The van der Waals surface area contributed by atoms with Gasteiger partial charge in [-0.2, -0.15) is 13.2 Å². The Labute approximate surface area is 228 Å². The molecule has 4 rings (SSSR count). The van der Waals surface area contributed by atoms with E-state index in [-0.39, 0.29) is 23.7 Å². The van der Waals surface area contributed by atoms with E-state index in [0.29, 0.717) is 16.5 Å². The topological polar surface area (TPSA) is 194 Å². The third kappa shape index (κ3) is 5.78. The summed E-state index contributed by atoms with van der Waals surface area (Å²) in [5, 5.41) is 29.2. The molecule has 0 aliphatic carbocycles. The van der Waals surface area contributed by atoms with Gasteiger partial charge in [0.25, 0.3) is 5.91 Å². The SMILES string of the molecule is CON=C(C(=O)NC1C(=O)N2CC(CSc3nnnn3C)(C(=O)O)CS[C@H]12)c1csc(NC(=O)C(F)(F)F)n1. The predicted octanol–water partition coefficient (Wildman–Crippen LogP) is -0.219. The molecule has 210 valence electrons. The number of halogens is 3. The number of anilines is 1. The molecule has 2 aliphatic heterocycles. The van der Waals surface area contributed by atoms with Crippen LogP contribution in [0.15, 0.2) is 15.7 Å². The third-order valence-corrected chi connectivity index (χ3v) is 9.21. The van der Waals surface area contributed by atoms with Gasteiger partial charge in [0.2, 0.25) is 11.1 Å².